The highest BCUT2D eigenvalue weighted by atomic mass is 32.2. The zero-order chi connectivity index (χ0) is 10.6. The third-order valence-electron chi connectivity index (χ3n) is 1.31. The average molecular weight is 219 g/mol. The molecule has 0 fully saturated rings. The summed E-state index contributed by atoms with van der Waals surface area (Å²) < 4.78 is 4.80. The maximum absolute atomic E-state index is 10.4. The maximum atomic E-state index is 10.4. The van der Waals surface area contributed by atoms with E-state index in [1.54, 1.807) is 0 Å². The summed E-state index contributed by atoms with van der Waals surface area (Å²) in [4.78, 5) is 14.0. The molecule has 1 heterocycles. The van der Waals surface area contributed by atoms with Crippen molar-refractivity contribution in [2.75, 3.05) is 12.4 Å². The van der Waals surface area contributed by atoms with E-state index in [0.717, 1.165) is 18.0 Å². The van der Waals surface area contributed by atoms with Gasteiger partial charge in [-0.05, 0) is 0 Å². The van der Waals surface area contributed by atoms with Crippen LogP contribution in [0.5, 0.6) is 0 Å². The summed E-state index contributed by atoms with van der Waals surface area (Å²) in [6.07, 6.45) is 0.163. The minimum atomic E-state index is -1.16. The molecule has 0 saturated carbocycles. The van der Waals surface area contributed by atoms with Crippen molar-refractivity contribution in [2.45, 2.75) is 11.3 Å². The molecule has 0 saturated heterocycles. The Kier molecular flexibility index (Phi) is 3.93. The van der Waals surface area contributed by atoms with Crippen LogP contribution >= 0.6 is 11.8 Å². The molecule has 7 heteroatoms. The molecule has 1 atom stereocenters. The van der Waals surface area contributed by atoms with Crippen LogP contribution in [0.4, 0.5) is 0 Å². The van der Waals surface area contributed by atoms with E-state index < -0.39 is 12.1 Å². The third kappa shape index (κ3) is 3.02. The lowest BCUT2D eigenvalue weighted by Crippen LogP contribution is -2.14. The van der Waals surface area contributed by atoms with Crippen LogP contribution in [0, 0.1) is 0 Å². The number of oxazole rings is 1. The van der Waals surface area contributed by atoms with Crippen LogP contribution in [0.3, 0.4) is 0 Å². The molecule has 6 nitrogen and oxygen atoms in total. The number of carbonyl (C=O) groups is 1. The fourth-order valence-corrected chi connectivity index (χ4v) is 1.36. The van der Waals surface area contributed by atoms with Gasteiger partial charge in [-0.1, -0.05) is 11.8 Å². The number of hydrogen-bond donors (Lipinski definition) is 3. The van der Waals surface area contributed by atoms with Gasteiger partial charge < -0.3 is 19.7 Å². The van der Waals surface area contributed by atoms with Crippen LogP contribution in [0.2, 0.25) is 0 Å². The fourth-order valence-electron chi connectivity index (χ4n) is 0.642. The van der Waals surface area contributed by atoms with Gasteiger partial charge in [0.05, 0.1) is 12.7 Å². The molecular formula is C7H9NO5S. The van der Waals surface area contributed by atoms with E-state index in [-0.39, 0.29) is 23.3 Å². The summed E-state index contributed by atoms with van der Waals surface area (Å²) in [5.41, 5.74) is -0.175. The second-order valence-electron chi connectivity index (χ2n) is 2.45. The van der Waals surface area contributed by atoms with Gasteiger partial charge in [0.2, 0.25) is 0 Å². The smallest absolute Gasteiger partial charge is 0.357 e. The molecule has 1 unspecified atom stereocenters. The van der Waals surface area contributed by atoms with E-state index >= 15 is 0 Å². The maximum Gasteiger partial charge on any atom is 0.357 e. The first-order chi connectivity index (χ1) is 6.63. The van der Waals surface area contributed by atoms with E-state index in [0.29, 0.717) is 0 Å². The van der Waals surface area contributed by atoms with E-state index in [9.17, 15) is 4.79 Å². The Bertz CT molecular complexity index is 313. The molecular weight excluding hydrogens is 210 g/mol. The first-order valence-electron chi connectivity index (χ1n) is 3.74. The Labute approximate surface area is 83.6 Å². The number of aliphatic hydroxyl groups is 2. The second kappa shape index (κ2) is 4.99. The van der Waals surface area contributed by atoms with Crippen molar-refractivity contribution >= 4 is 17.7 Å². The molecule has 14 heavy (non-hydrogen) atoms. The minimum Gasteiger partial charge on any atom is -0.476 e. The standard InChI is InChI=1S/C7H9NO5S/c9-1-4(10)3-14-7-8-5(2-13-7)6(11)12/h2,4,9-10H,1,3H2,(H,11,12). The van der Waals surface area contributed by atoms with E-state index in [1.165, 1.54) is 0 Å². The van der Waals surface area contributed by atoms with Gasteiger partial charge in [0.25, 0.3) is 5.22 Å². The van der Waals surface area contributed by atoms with Gasteiger partial charge >= 0.3 is 5.97 Å². The van der Waals surface area contributed by atoms with E-state index in [1.807, 2.05) is 0 Å². The van der Waals surface area contributed by atoms with E-state index in [2.05, 4.69) is 4.98 Å². The third-order valence-corrected chi connectivity index (χ3v) is 2.30. The molecule has 0 aromatic carbocycles. The molecule has 78 valence electrons. The van der Waals surface area contributed by atoms with Crippen molar-refractivity contribution in [3.63, 3.8) is 0 Å². The predicted molar refractivity (Wildman–Crippen MR) is 47.3 cm³/mol. The minimum absolute atomic E-state index is 0.162. The quantitative estimate of drug-likeness (QED) is 0.590. The van der Waals surface area contributed by atoms with Gasteiger partial charge in [-0.3, -0.25) is 0 Å². The number of rotatable bonds is 5. The highest BCUT2D eigenvalue weighted by Crippen LogP contribution is 2.17. The first kappa shape index (κ1) is 11.0. The summed E-state index contributed by atoms with van der Waals surface area (Å²) in [6.45, 7) is -0.348. The largest absolute Gasteiger partial charge is 0.476 e. The average Bonchev–Trinajstić information content (AvgIpc) is 2.62. The van der Waals surface area contributed by atoms with Crippen molar-refractivity contribution in [2.24, 2.45) is 0 Å². The lowest BCUT2D eigenvalue weighted by atomic mass is 10.4. The second-order valence-corrected chi connectivity index (χ2v) is 3.42. The molecule has 0 radical (unpaired) electrons. The lowest BCUT2D eigenvalue weighted by Gasteiger charge is -2.02. The van der Waals surface area contributed by atoms with Gasteiger partial charge in [0.1, 0.15) is 6.26 Å². The summed E-state index contributed by atoms with van der Waals surface area (Å²) in [7, 11) is 0. The highest BCUT2D eigenvalue weighted by molar-refractivity contribution is 7.99. The Morgan fingerprint density at radius 1 is 1.71 bits per heavy atom. The van der Waals surface area contributed by atoms with Gasteiger partial charge in [0.15, 0.2) is 5.69 Å². The molecule has 1 aromatic heterocycles. The van der Waals surface area contributed by atoms with Crippen LogP contribution in [0.1, 0.15) is 10.5 Å². The van der Waals surface area contributed by atoms with Gasteiger partial charge in [-0.25, -0.2) is 4.79 Å². The molecule has 1 aromatic rings. The molecule has 0 aliphatic rings. The summed E-state index contributed by atoms with van der Waals surface area (Å²) in [5, 5.41) is 26.1. The van der Waals surface area contributed by atoms with Crippen LogP contribution in [0.25, 0.3) is 0 Å². The molecule has 1 rings (SSSR count). The number of aliphatic hydroxyl groups excluding tert-OH is 2. The van der Waals surface area contributed by atoms with Crippen LogP contribution in [-0.2, 0) is 0 Å². The zero-order valence-corrected chi connectivity index (χ0v) is 7.90. The number of aromatic nitrogens is 1. The van der Waals surface area contributed by atoms with E-state index in [4.69, 9.17) is 19.7 Å². The number of aromatic carboxylic acids is 1. The molecule has 0 aliphatic carbocycles. The Balaban J connectivity index is 2.48. The Morgan fingerprint density at radius 2 is 2.43 bits per heavy atom. The summed E-state index contributed by atoms with van der Waals surface area (Å²) in [6, 6.07) is 0. The van der Waals surface area contributed by atoms with Crippen molar-refractivity contribution in [3.05, 3.63) is 12.0 Å². The van der Waals surface area contributed by atoms with Crippen molar-refractivity contribution < 1.29 is 24.5 Å². The fraction of sp³-hybridized carbons (Fsp3) is 0.429. The highest BCUT2D eigenvalue weighted by Gasteiger charge is 2.12. The molecule has 0 amide bonds. The van der Waals surface area contributed by atoms with Gasteiger partial charge in [-0.2, -0.15) is 4.98 Å². The predicted octanol–water partition coefficient (Wildman–Crippen LogP) is -0.182. The number of hydrogen-bond acceptors (Lipinski definition) is 6. The van der Waals surface area contributed by atoms with Crippen LogP contribution < -0.4 is 0 Å². The molecule has 0 spiro atoms. The van der Waals surface area contributed by atoms with Crippen LogP contribution in [-0.4, -0.2) is 44.7 Å². The number of carboxylic acids is 1. The molecule has 0 bridgehead atoms. The topological polar surface area (TPSA) is 104 Å². The van der Waals surface area contributed by atoms with Crippen molar-refractivity contribution in [3.8, 4) is 0 Å². The molecule has 0 aliphatic heterocycles. The van der Waals surface area contributed by atoms with Gasteiger partial charge in [-0.15, -0.1) is 0 Å². The first-order valence-corrected chi connectivity index (χ1v) is 4.72. The van der Waals surface area contributed by atoms with Crippen LogP contribution in [0.15, 0.2) is 15.9 Å². The van der Waals surface area contributed by atoms with Crippen molar-refractivity contribution in [1.29, 1.82) is 0 Å². The zero-order valence-electron chi connectivity index (χ0n) is 7.08. The molecule has 3 N–H and O–H groups in total. The summed E-state index contributed by atoms with van der Waals surface area (Å²) >= 11 is 1.04. The summed E-state index contributed by atoms with van der Waals surface area (Å²) in [5.74, 6) is -0.959. The number of nitrogens with zero attached hydrogens (tertiary/aromatic N) is 1. The Morgan fingerprint density at radius 3 is 2.93 bits per heavy atom. The van der Waals surface area contributed by atoms with Crippen molar-refractivity contribution in [1.82, 2.24) is 4.98 Å². The van der Waals surface area contributed by atoms with Gasteiger partial charge in [0, 0.05) is 5.75 Å². The monoisotopic (exact) mass is 219 g/mol. The normalized spacial score (nSPS) is 12.7. The number of thioether (sulfide) groups is 1. The Hall–Kier alpha value is -1.05. The number of carboxylic acid groups (broad SMARTS) is 1. The SMILES string of the molecule is O=C(O)c1coc(SCC(O)CO)n1. The lowest BCUT2D eigenvalue weighted by molar-refractivity contribution is 0.0690.